The first kappa shape index (κ1) is 16.5. The molecule has 26 heavy (non-hydrogen) atoms. The third-order valence-electron chi connectivity index (χ3n) is 4.12. The van der Waals surface area contributed by atoms with Crippen molar-refractivity contribution in [2.24, 2.45) is 0 Å². The largest absolute Gasteiger partial charge is 0.321 e. The molecule has 0 aliphatic heterocycles. The summed E-state index contributed by atoms with van der Waals surface area (Å²) >= 11 is 1.39. The Morgan fingerprint density at radius 2 is 1.88 bits per heavy atom. The van der Waals surface area contributed by atoms with E-state index in [1.807, 2.05) is 42.8 Å². The van der Waals surface area contributed by atoms with Gasteiger partial charge in [0, 0.05) is 11.1 Å². The molecule has 4 nitrogen and oxygen atoms in total. The van der Waals surface area contributed by atoms with Crippen molar-refractivity contribution in [1.29, 1.82) is 0 Å². The van der Waals surface area contributed by atoms with Crippen LogP contribution < -0.4 is 5.32 Å². The molecular weight excluding hydrogens is 349 g/mol. The van der Waals surface area contributed by atoms with E-state index >= 15 is 0 Å². The van der Waals surface area contributed by atoms with E-state index in [2.05, 4.69) is 16.5 Å². The van der Waals surface area contributed by atoms with E-state index in [0.717, 1.165) is 27.2 Å². The van der Waals surface area contributed by atoms with E-state index < -0.39 is 0 Å². The summed E-state index contributed by atoms with van der Waals surface area (Å²) in [7, 11) is 0. The average Bonchev–Trinajstić information content (AvgIpc) is 3.18. The van der Waals surface area contributed by atoms with Gasteiger partial charge >= 0.3 is 0 Å². The molecule has 1 amide bonds. The second-order valence-corrected chi connectivity index (χ2v) is 7.16. The van der Waals surface area contributed by atoms with Gasteiger partial charge in [-0.25, -0.2) is 9.07 Å². The summed E-state index contributed by atoms with van der Waals surface area (Å²) in [4.78, 5) is 14.1. The predicted octanol–water partition coefficient (Wildman–Crippen LogP) is 5.10. The summed E-state index contributed by atoms with van der Waals surface area (Å²) in [6.07, 6.45) is 0. The number of aromatic nitrogens is 2. The van der Waals surface area contributed by atoms with Crippen LogP contribution in [0.25, 0.3) is 15.9 Å². The third kappa shape index (κ3) is 2.99. The number of fused-ring (bicyclic) bond motifs is 1. The lowest BCUT2D eigenvalue weighted by atomic mass is 10.2. The molecular formula is C20H16FN3OS. The number of halogens is 1. The molecule has 0 atom stereocenters. The van der Waals surface area contributed by atoms with E-state index in [4.69, 9.17) is 0 Å². The molecule has 4 rings (SSSR count). The summed E-state index contributed by atoms with van der Waals surface area (Å²) in [6.45, 7) is 3.97. The molecule has 0 fully saturated rings. The highest BCUT2D eigenvalue weighted by Crippen LogP contribution is 2.31. The van der Waals surface area contributed by atoms with Crippen LogP contribution in [0.3, 0.4) is 0 Å². The molecule has 1 N–H and O–H groups in total. The Balaban J connectivity index is 1.70. The summed E-state index contributed by atoms with van der Waals surface area (Å²) in [5, 5.41) is 8.37. The number of thiophene rings is 1. The molecule has 0 unspecified atom stereocenters. The second kappa shape index (κ2) is 6.38. The van der Waals surface area contributed by atoms with Crippen LogP contribution in [0.2, 0.25) is 0 Å². The molecule has 6 heteroatoms. The predicted molar refractivity (Wildman–Crippen MR) is 103 cm³/mol. The number of nitrogens with one attached hydrogen (secondary N) is 1. The standard InChI is InChI=1S/C20H16FN3OS/c1-12-4-3-5-16(10-12)24-20-17(13(2)23-24)11-18(26-20)19(25)22-15-8-6-14(21)7-9-15/h3-11H,1-2H3,(H,22,25). The van der Waals surface area contributed by atoms with Crippen LogP contribution in [0, 0.1) is 19.7 Å². The fourth-order valence-corrected chi connectivity index (χ4v) is 3.90. The molecule has 2 aromatic heterocycles. The van der Waals surface area contributed by atoms with E-state index in [-0.39, 0.29) is 11.7 Å². The van der Waals surface area contributed by atoms with Crippen molar-refractivity contribution in [2.45, 2.75) is 13.8 Å². The number of hydrogen-bond donors (Lipinski definition) is 1. The molecule has 0 bridgehead atoms. The fraction of sp³-hybridized carbons (Fsp3) is 0.100. The number of nitrogens with zero attached hydrogens (tertiary/aromatic N) is 2. The van der Waals surface area contributed by atoms with Gasteiger partial charge in [-0.1, -0.05) is 12.1 Å². The number of hydrogen-bond acceptors (Lipinski definition) is 3. The van der Waals surface area contributed by atoms with Gasteiger partial charge < -0.3 is 5.32 Å². The Kier molecular flexibility index (Phi) is 4.05. The highest BCUT2D eigenvalue weighted by Gasteiger charge is 2.17. The zero-order valence-corrected chi connectivity index (χ0v) is 15.1. The molecule has 0 saturated heterocycles. The molecule has 0 spiro atoms. The van der Waals surface area contributed by atoms with Gasteiger partial charge in [-0.3, -0.25) is 4.79 Å². The summed E-state index contributed by atoms with van der Waals surface area (Å²) < 4.78 is 14.9. The van der Waals surface area contributed by atoms with Crippen molar-refractivity contribution in [2.75, 3.05) is 5.32 Å². The molecule has 0 aliphatic rings. The van der Waals surface area contributed by atoms with Gasteiger partial charge in [0.15, 0.2) is 0 Å². The normalized spacial score (nSPS) is 11.0. The van der Waals surface area contributed by atoms with Crippen molar-refractivity contribution < 1.29 is 9.18 Å². The zero-order valence-electron chi connectivity index (χ0n) is 14.3. The smallest absolute Gasteiger partial charge is 0.265 e. The number of benzene rings is 2. The lowest BCUT2D eigenvalue weighted by Gasteiger charge is -2.04. The van der Waals surface area contributed by atoms with Gasteiger partial charge in [-0.15, -0.1) is 11.3 Å². The number of carbonyl (C=O) groups is 1. The quantitative estimate of drug-likeness (QED) is 0.549. The van der Waals surface area contributed by atoms with Gasteiger partial charge in [-0.2, -0.15) is 5.10 Å². The minimum atomic E-state index is -0.335. The van der Waals surface area contributed by atoms with Gasteiger partial charge in [0.1, 0.15) is 10.6 Å². The maximum atomic E-state index is 13.0. The SMILES string of the molecule is Cc1cccc(-n2nc(C)c3cc(C(=O)Nc4ccc(F)cc4)sc32)c1. The Bertz CT molecular complexity index is 1110. The molecule has 2 aromatic carbocycles. The zero-order chi connectivity index (χ0) is 18.3. The second-order valence-electron chi connectivity index (χ2n) is 6.13. The van der Waals surface area contributed by atoms with Crippen molar-refractivity contribution in [3.05, 3.63) is 76.5 Å². The first-order valence-electron chi connectivity index (χ1n) is 8.14. The van der Waals surface area contributed by atoms with Crippen molar-refractivity contribution in [1.82, 2.24) is 9.78 Å². The van der Waals surface area contributed by atoms with Crippen LogP contribution in [0.4, 0.5) is 10.1 Å². The van der Waals surface area contributed by atoms with Gasteiger partial charge in [0.25, 0.3) is 5.91 Å². The van der Waals surface area contributed by atoms with Crippen LogP contribution >= 0.6 is 11.3 Å². The van der Waals surface area contributed by atoms with E-state index in [0.29, 0.717) is 10.6 Å². The number of rotatable bonds is 3. The summed E-state index contributed by atoms with van der Waals surface area (Å²) in [6, 6.07) is 15.7. The van der Waals surface area contributed by atoms with Crippen molar-refractivity contribution in [3.63, 3.8) is 0 Å². The van der Waals surface area contributed by atoms with Crippen LogP contribution in [0.1, 0.15) is 20.9 Å². The molecule has 130 valence electrons. The van der Waals surface area contributed by atoms with Crippen LogP contribution in [0.15, 0.2) is 54.6 Å². The lowest BCUT2D eigenvalue weighted by Crippen LogP contribution is -2.10. The molecule has 0 saturated carbocycles. The van der Waals surface area contributed by atoms with E-state index in [1.54, 1.807) is 12.1 Å². The number of aryl methyl sites for hydroxylation is 2. The van der Waals surface area contributed by atoms with Gasteiger partial charge in [0.2, 0.25) is 0 Å². The summed E-state index contributed by atoms with van der Waals surface area (Å²) in [5.41, 5.74) is 3.55. The van der Waals surface area contributed by atoms with Crippen molar-refractivity contribution >= 4 is 33.1 Å². The Morgan fingerprint density at radius 3 is 2.62 bits per heavy atom. The monoisotopic (exact) mass is 365 g/mol. The molecule has 2 heterocycles. The highest BCUT2D eigenvalue weighted by molar-refractivity contribution is 7.20. The van der Waals surface area contributed by atoms with Gasteiger partial charge in [-0.05, 0) is 61.9 Å². The van der Waals surface area contributed by atoms with Crippen molar-refractivity contribution in [3.8, 4) is 5.69 Å². The first-order valence-corrected chi connectivity index (χ1v) is 8.96. The lowest BCUT2D eigenvalue weighted by molar-refractivity contribution is 0.103. The Hall–Kier alpha value is -2.99. The number of amides is 1. The summed E-state index contributed by atoms with van der Waals surface area (Å²) in [5.74, 6) is -0.549. The van der Waals surface area contributed by atoms with Gasteiger partial charge in [0.05, 0.1) is 16.3 Å². The van der Waals surface area contributed by atoms with Crippen LogP contribution in [-0.4, -0.2) is 15.7 Å². The van der Waals surface area contributed by atoms with E-state index in [9.17, 15) is 9.18 Å². The topological polar surface area (TPSA) is 46.9 Å². The Labute approximate surface area is 153 Å². The fourth-order valence-electron chi connectivity index (χ4n) is 2.82. The first-order chi connectivity index (χ1) is 12.5. The Morgan fingerprint density at radius 1 is 1.12 bits per heavy atom. The minimum absolute atomic E-state index is 0.215. The maximum Gasteiger partial charge on any atom is 0.265 e. The number of anilines is 1. The van der Waals surface area contributed by atoms with E-state index in [1.165, 1.54) is 23.5 Å². The minimum Gasteiger partial charge on any atom is -0.321 e. The third-order valence-corrected chi connectivity index (χ3v) is 5.23. The van der Waals surface area contributed by atoms with Crippen LogP contribution in [0.5, 0.6) is 0 Å². The molecule has 4 aromatic rings. The molecule has 0 aliphatic carbocycles. The molecule has 0 radical (unpaired) electrons. The average molecular weight is 365 g/mol. The van der Waals surface area contributed by atoms with Crippen LogP contribution in [-0.2, 0) is 0 Å². The highest BCUT2D eigenvalue weighted by atomic mass is 32.1. The maximum absolute atomic E-state index is 13.0. The number of carbonyl (C=O) groups excluding carboxylic acids is 1.